The topological polar surface area (TPSA) is 42.7 Å². The van der Waals surface area contributed by atoms with Crippen LogP contribution in [-0.2, 0) is 26.1 Å². The first-order valence-corrected chi connectivity index (χ1v) is 11.5. The highest BCUT2D eigenvalue weighted by molar-refractivity contribution is 8.00. The predicted molar refractivity (Wildman–Crippen MR) is 126 cm³/mol. The lowest BCUT2D eigenvalue weighted by Gasteiger charge is -2.08. The summed E-state index contributed by atoms with van der Waals surface area (Å²) in [6.45, 7) is 0. The number of aryl methyl sites for hydroxylation is 3. The van der Waals surface area contributed by atoms with Gasteiger partial charge in [-0.25, -0.2) is 13.8 Å². The Labute approximate surface area is 203 Å². The number of nitrogens with zero attached hydrogens (tertiary/aromatic N) is 3. The van der Waals surface area contributed by atoms with Crippen LogP contribution >= 0.6 is 11.9 Å². The van der Waals surface area contributed by atoms with E-state index in [1.165, 1.54) is 40.2 Å². The number of pyridine rings is 1. The fraction of sp³-hybridized carbons (Fsp3) is 0.200. The normalized spacial score (nSPS) is 12.6. The fourth-order valence-electron chi connectivity index (χ4n) is 3.72. The zero-order valence-electron chi connectivity index (χ0n) is 18.6. The van der Waals surface area contributed by atoms with Crippen molar-refractivity contribution in [3.05, 3.63) is 95.3 Å². The van der Waals surface area contributed by atoms with E-state index in [1.54, 1.807) is 25.4 Å². The number of halogens is 5. The number of hydrogen-bond donors (Lipinski definition) is 1. The highest BCUT2D eigenvalue weighted by Gasteiger charge is 2.30. The second-order valence-corrected chi connectivity index (χ2v) is 8.77. The van der Waals surface area contributed by atoms with E-state index in [-0.39, 0.29) is 5.82 Å². The van der Waals surface area contributed by atoms with Crippen LogP contribution in [0.3, 0.4) is 0 Å². The second kappa shape index (κ2) is 10.5. The third kappa shape index (κ3) is 6.19. The van der Waals surface area contributed by atoms with E-state index in [9.17, 15) is 22.0 Å². The van der Waals surface area contributed by atoms with Crippen molar-refractivity contribution < 1.29 is 22.0 Å². The number of aromatic nitrogens is 3. The van der Waals surface area contributed by atoms with E-state index in [4.69, 9.17) is 0 Å². The van der Waals surface area contributed by atoms with Crippen molar-refractivity contribution >= 4 is 17.8 Å². The molecule has 2 aromatic heterocycles. The summed E-state index contributed by atoms with van der Waals surface area (Å²) in [5.74, 6) is -1.31. The molecule has 5 rings (SSSR count). The lowest BCUT2D eigenvalue weighted by molar-refractivity contribution is -0.137. The second-order valence-electron chi connectivity index (χ2n) is 7.89. The molecule has 0 saturated carbocycles. The summed E-state index contributed by atoms with van der Waals surface area (Å²) in [6, 6.07) is 13.9. The van der Waals surface area contributed by atoms with Crippen LogP contribution in [-0.4, -0.2) is 14.8 Å². The van der Waals surface area contributed by atoms with Crippen molar-refractivity contribution in [2.45, 2.75) is 30.3 Å². The SMILES string of the molecule is Cn1nccc1-c1cccc(C(F)(F)F)c1.Fc1cnc(NSc2ccc3c(c2)CCC3)c(F)c1. The summed E-state index contributed by atoms with van der Waals surface area (Å²) in [4.78, 5) is 4.69. The first-order valence-electron chi connectivity index (χ1n) is 10.7. The number of rotatable bonds is 4. The summed E-state index contributed by atoms with van der Waals surface area (Å²) in [5, 5.41) is 3.92. The van der Waals surface area contributed by atoms with Crippen LogP contribution in [0.5, 0.6) is 0 Å². The summed E-state index contributed by atoms with van der Waals surface area (Å²) in [6.07, 6.45) is 1.68. The molecule has 1 aliphatic carbocycles. The number of alkyl halides is 3. The molecule has 1 aliphatic rings. The van der Waals surface area contributed by atoms with Crippen molar-refractivity contribution in [3.8, 4) is 11.3 Å². The molecule has 0 atom stereocenters. The summed E-state index contributed by atoms with van der Waals surface area (Å²) in [7, 11) is 1.69. The molecule has 4 nitrogen and oxygen atoms in total. The molecule has 4 aromatic rings. The highest BCUT2D eigenvalue weighted by atomic mass is 32.2. The average molecular weight is 505 g/mol. The van der Waals surface area contributed by atoms with Gasteiger partial charge in [0.2, 0.25) is 0 Å². The molecular formula is C25H21F5N4S. The number of benzene rings is 2. The molecule has 2 heterocycles. The van der Waals surface area contributed by atoms with Gasteiger partial charge >= 0.3 is 6.18 Å². The van der Waals surface area contributed by atoms with Gasteiger partial charge in [0, 0.05) is 29.8 Å². The van der Waals surface area contributed by atoms with Crippen LogP contribution in [0.25, 0.3) is 11.3 Å². The molecule has 1 N–H and O–H groups in total. The summed E-state index contributed by atoms with van der Waals surface area (Å²) >= 11 is 1.28. The summed E-state index contributed by atoms with van der Waals surface area (Å²) < 4.78 is 67.9. The van der Waals surface area contributed by atoms with E-state index < -0.39 is 23.4 Å². The van der Waals surface area contributed by atoms with Crippen molar-refractivity contribution in [3.63, 3.8) is 0 Å². The maximum absolute atomic E-state index is 13.4. The lowest BCUT2D eigenvalue weighted by Crippen LogP contribution is -2.05. The highest BCUT2D eigenvalue weighted by Crippen LogP contribution is 2.32. The van der Waals surface area contributed by atoms with Gasteiger partial charge in [0.15, 0.2) is 11.6 Å². The molecule has 0 spiro atoms. The van der Waals surface area contributed by atoms with Gasteiger partial charge in [-0.05, 0) is 72.7 Å². The van der Waals surface area contributed by atoms with E-state index in [2.05, 4.69) is 26.9 Å². The van der Waals surface area contributed by atoms with Gasteiger partial charge in [-0.2, -0.15) is 18.3 Å². The van der Waals surface area contributed by atoms with E-state index in [0.717, 1.165) is 42.1 Å². The molecule has 0 saturated heterocycles. The maximum Gasteiger partial charge on any atom is 0.416 e. The van der Waals surface area contributed by atoms with Crippen LogP contribution < -0.4 is 4.72 Å². The maximum atomic E-state index is 13.4. The Morgan fingerprint density at radius 3 is 2.49 bits per heavy atom. The Hall–Kier alpha value is -3.40. The molecule has 0 aliphatic heterocycles. The number of hydrogen-bond acceptors (Lipinski definition) is 4. The minimum atomic E-state index is -4.31. The molecule has 182 valence electrons. The van der Waals surface area contributed by atoms with Gasteiger partial charge in [-0.1, -0.05) is 18.2 Å². The largest absolute Gasteiger partial charge is 0.416 e. The standard InChI is InChI=1S/C14H12F2N2S.C11H9F3N2/c15-11-7-13(16)14(17-8-11)18-19-12-5-4-9-2-1-3-10(9)6-12;1-16-10(5-6-15-16)8-3-2-4-9(7-8)11(12,13)14/h4-8H,1-3H2,(H,17,18);2-7H,1H3. The van der Waals surface area contributed by atoms with Gasteiger partial charge in [0.05, 0.1) is 17.5 Å². The first-order chi connectivity index (χ1) is 16.7. The smallest absolute Gasteiger partial charge is 0.308 e. The van der Waals surface area contributed by atoms with Gasteiger partial charge < -0.3 is 4.72 Å². The minimum Gasteiger partial charge on any atom is -0.308 e. The molecule has 0 unspecified atom stereocenters. The molecule has 10 heteroatoms. The Balaban J connectivity index is 0.000000168. The Kier molecular flexibility index (Phi) is 7.39. The van der Waals surface area contributed by atoms with E-state index in [1.807, 2.05) is 6.07 Å². The average Bonchev–Trinajstić information content (AvgIpc) is 3.47. The van der Waals surface area contributed by atoms with Crippen molar-refractivity contribution in [1.29, 1.82) is 0 Å². The molecule has 0 radical (unpaired) electrons. The van der Waals surface area contributed by atoms with Gasteiger partial charge in [-0.15, -0.1) is 0 Å². The molecule has 0 fully saturated rings. The third-order valence-electron chi connectivity index (χ3n) is 5.45. The van der Waals surface area contributed by atoms with Gasteiger partial charge in [0.1, 0.15) is 5.82 Å². The van der Waals surface area contributed by atoms with Crippen LogP contribution in [0.1, 0.15) is 23.1 Å². The van der Waals surface area contributed by atoms with Crippen molar-refractivity contribution in [2.24, 2.45) is 7.05 Å². The predicted octanol–water partition coefficient (Wildman–Crippen LogP) is 7.07. The molecule has 2 aromatic carbocycles. The monoisotopic (exact) mass is 504 g/mol. The van der Waals surface area contributed by atoms with Gasteiger partial charge in [-0.3, -0.25) is 4.68 Å². The summed E-state index contributed by atoms with van der Waals surface area (Å²) in [5.41, 5.74) is 3.28. The van der Waals surface area contributed by atoms with Crippen molar-refractivity contribution in [1.82, 2.24) is 14.8 Å². The minimum absolute atomic E-state index is 0.0481. The number of nitrogens with one attached hydrogen (secondary N) is 1. The quantitative estimate of drug-likeness (QED) is 0.238. The molecular weight excluding hydrogens is 483 g/mol. The van der Waals surface area contributed by atoms with Crippen LogP contribution in [0.15, 0.2) is 71.9 Å². The molecule has 35 heavy (non-hydrogen) atoms. The van der Waals surface area contributed by atoms with E-state index >= 15 is 0 Å². The number of anilines is 1. The first kappa shape index (κ1) is 24.7. The Morgan fingerprint density at radius 2 is 1.77 bits per heavy atom. The van der Waals surface area contributed by atoms with Gasteiger partial charge in [0.25, 0.3) is 0 Å². The van der Waals surface area contributed by atoms with Crippen LogP contribution in [0, 0.1) is 11.6 Å². The number of fused-ring (bicyclic) bond motifs is 1. The zero-order valence-corrected chi connectivity index (χ0v) is 19.4. The molecule has 0 bridgehead atoms. The zero-order chi connectivity index (χ0) is 25.0. The van der Waals surface area contributed by atoms with Crippen LogP contribution in [0.4, 0.5) is 27.8 Å². The van der Waals surface area contributed by atoms with E-state index in [0.29, 0.717) is 11.3 Å². The lowest BCUT2D eigenvalue weighted by atomic mass is 10.1. The fourth-order valence-corrected chi connectivity index (χ4v) is 4.42. The van der Waals surface area contributed by atoms with Crippen LogP contribution in [0.2, 0.25) is 0 Å². The molecule has 0 amide bonds. The Bertz CT molecular complexity index is 1320. The van der Waals surface area contributed by atoms with Crippen molar-refractivity contribution in [2.75, 3.05) is 4.72 Å². The Morgan fingerprint density at radius 1 is 0.971 bits per heavy atom. The third-order valence-corrected chi connectivity index (χ3v) is 6.23.